The number of nitrogens with zero attached hydrogens (tertiary/aromatic N) is 5. The molecule has 238 valence electrons. The summed E-state index contributed by atoms with van der Waals surface area (Å²) in [7, 11) is 2.04. The summed E-state index contributed by atoms with van der Waals surface area (Å²) in [5.41, 5.74) is 13.2. The van der Waals surface area contributed by atoms with E-state index >= 15 is 0 Å². The first-order valence-corrected chi connectivity index (χ1v) is 15.8. The van der Waals surface area contributed by atoms with Crippen LogP contribution in [0.4, 0.5) is 5.69 Å². The molecule has 3 aromatic heterocycles. The number of imidazole rings is 1. The van der Waals surface area contributed by atoms with Crippen LogP contribution in [0.2, 0.25) is 0 Å². The molecule has 0 fully saturated rings. The van der Waals surface area contributed by atoms with Gasteiger partial charge in [-0.25, -0.2) is 4.98 Å². The first-order chi connectivity index (χ1) is 22.2. The van der Waals surface area contributed by atoms with Crippen molar-refractivity contribution < 1.29 is 21.1 Å². The molecular weight excluding hydrogens is 758 g/mol. The maximum atomic E-state index is 5.10. The Morgan fingerprint density at radius 2 is 1.51 bits per heavy atom. The minimum atomic E-state index is -0.730. The molecule has 6 heteroatoms. The van der Waals surface area contributed by atoms with Crippen LogP contribution in [0, 0.1) is 32.6 Å². The monoisotopic (exact) mass is 793 g/mol. The van der Waals surface area contributed by atoms with Gasteiger partial charge in [0.1, 0.15) is 0 Å². The standard InChI is InChI=1S/C41H36N5.Pt/c1-27-28(2)46-38(22-29(23-39(46)43-27)37-25-30(18-19-42-37)40(3,4)5)41(31-12-11-13-32(24-31)45-21-20-44(6)26-45)35-16-9-7-14-33(35)34-15-8-10-17-36(34)41;/h7-21,23,25-26H,1-6H3;/q-3;. The fourth-order valence-corrected chi connectivity index (χ4v) is 7.13. The van der Waals surface area contributed by atoms with Gasteiger partial charge in [-0.1, -0.05) is 80.9 Å². The molecule has 1 aliphatic heterocycles. The summed E-state index contributed by atoms with van der Waals surface area (Å²) in [6, 6.07) is 38.4. The van der Waals surface area contributed by atoms with Crippen molar-refractivity contribution in [1.29, 1.82) is 0 Å². The summed E-state index contributed by atoms with van der Waals surface area (Å²) in [6.45, 7) is 13.0. The number of fused-ring (bicyclic) bond motifs is 4. The molecule has 5 nitrogen and oxygen atoms in total. The Morgan fingerprint density at radius 3 is 2.17 bits per heavy atom. The topological polar surface area (TPSA) is 36.7 Å². The molecule has 0 saturated carbocycles. The predicted octanol–water partition coefficient (Wildman–Crippen LogP) is 8.61. The van der Waals surface area contributed by atoms with Crippen molar-refractivity contribution in [3.63, 3.8) is 0 Å². The van der Waals surface area contributed by atoms with Crippen molar-refractivity contribution in [2.24, 2.45) is 0 Å². The van der Waals surface area contributed by atoms with Crippen LogP contribution in [-0.4, -0.2) is 26.3 Å². The Morgan fingerprint density at radius 1 is 0.809 bits per heavy atom. The van der Waals surface area contributed by atoms with Crippen LogP contribution in [0.15, 0.2) is 104 Å². The van der Waals surface area contributed by atoms with Gasteiger partial charge in [-0.05, 0) is 78.4 Å². The van der Waals surface area contributed by atoms with Crippen molar-refractivity contribution >= 4 is 11.3 Å². The fraction of sp³-hybridized carbons (Fsp3) is 0.195. The number of hydrogen-bond acceptors (Lipinski definition) is 4. The molecule has 6 aromatic rings. The quantitative estimate of drug-likeness (QED) is 0.168. The van der Waals surface area contributed by atoms with Gasteiger partial charge in [-0.15, -0.1) is 17.3 Å². The minimum absolute atomic E-state index is 0. The second-order valence-corrected chi connectivity index (χ2v) is 13.5. The van der Waals surface area contributed by atoms with Gasteiger partial charge in [-0.3, -0.25) is 0 Å². The SMILES string of the molecule is Cc1nc2cc(-c3cc(C(C)(C)C)ccn3)[c-]c(C3(c4[c-]c(N5C=CN(C)[CH-]5)ccc4)c4ccccc4-c4ccccc43)n2c1C.[Pt]. The Kier molecular flexibility index (Phi) is 7.52. The molecule has 1 aliphatic carbocycles. The van der Waals surface area contributed by atoms with E-state index in [-0.39, 0.29) is 26.5 Å². The molecule has 47 heavy (non-hydrogen) atoms. The summed E-state index contributed by atoms with van der Waals surface area (Å²) in [4.78, 5) is 14.2. The molecule has 8 rings (SSSR count). The predicted molar refractivity (Wildman–Crippen MR) is 185 cm³/mol. The van der Waals surface area contributed by atoms with Gasteiger partial charge in [0, 0.05) is 33.0 Å². The van der Waals surface area contributed by atoms with E-state index < -0.39 is 5.41 Å². The average Bonchev–Trinajstić information content (AvgIpc) is 3.72. The molecule has 0 spiro atoms. The van der Waals surface area contributed by atoms with Gasteiger partial charge in [0.05, 0.1) is 16.8 Å². The molecule has 4 heterocycles. The van der Waals surface area contributed by atoms with Gasteiger partial charge in [0.2, 0.25) is 0 Å². The summed E-state index contributed by atoms with van der Waals surface area (Å²) in [6.07, 6.45) is 6.04. The number of aryl methyl sites for hydroxylation is 2. The van der Waals surface area contributed by atoms with Crippen molar-refractivity contribution in [3.8, 4) is 22.4 Å². The second-order valence-electron chi connectivity index (χ2n) is 13.5. The van der Waals surface area contributed by atoms with Crippen molar-refractivity contribution in [3.05, 3.63) is 162 Å². The van der Waals surface area contributed by atoms with Crippen LogP contribution in [0.25, 0.3) is 28.0 Å². The molecule has 0 saturated heterocycles. The molecule has 0 bridgehead atoms. The molecule has 0 amide bonds. The van der Waals surface area contributed by atoms with E-state index in [9.17, 15) is 0 Å². The average molecular weight is 794 g/mol. The van der Waals surface area contributed by atoms with Crippen LogP contribution in [0.3, 0.4) is 0 Å². The van der Waals surface area contributed by atoms with E-state index in [4.69, 9.17) is 9.97 Å². The molecule has 0 atom stereocenters. The van der Waals surface area contributed by atoms with Gasteiger partial charge in [0.25, 0.3) is 0 Å². The number of aromatic nitrogens is 3. The van der Waals surface area contributed by atoms with E-state index in [2.05, 4.69) is 154 Å². The van der Waals surface area contributed by atoms with Crippen molar-refractivity contribution in [2.75, 3.05) is 11.9 Å². The smallest absolute Gasteiger partial charge is 0.0802 e. The number of anilines is 1. The molecule has 0 radical (unpaired) electrons. The Labute approximate surface area is 291 Å². The van der Waals surface area contributed by atoms with Gasteiger partial charge < -0.3 is 19.2 Å². The summed E-state index contributed by atoms with van der Waals surface area (Å²) in [5, 5.41) is 0. The molecular formula is C41H36N5Pt-3. The Balaban J connectivity index is 0.00000351. The maximum Gasteiger partial charge on any atom is 0.0802 e. The minimum Gasteiger partial charge on any atom is -0.510 e. The van der Waals surface area contributed by atoms with Crippen LogP contribution < -0.4 is 4.90 Å². The van der Waals surface area contributed by atoms with E-state index in [0.717, 1.165) is 45.2 Å². The molecule has 0 N–H and O–H groups in total. The van der Waals surface area contributed by atoms with Gasteiger partial charge >= 0.3 is 0 Å². The third kappa shape index (κ3) is 4.78. The third-order valence-corrected chi connectivity index (χ3v) is 9.56. The first-order valence-electron chi connectivity index (χ1n) is 15.8. The van der Waals surface area contributed by atoms with E-state index in [0.29, 0.717) is 0 Å². The van der Waals surface area contributed by atoms with Crippen LogP contribution in [0.1, 0.15) is 60.1 Å². The summed E-state index contributed by atoms with van der Waals surface area (Å²) >= 11 is 0. The normalized spacial score (nSPS) is 14.8. The maximum absolute atomic E-state index is 5.10. The largest absolute Gasteiger partial charge is 0.510 e. The zero-order valence-electron chi connectivity index (χ0n) is 27.4. The first kappa shape index (κ1) is 31.1. The van der Waals surface area contributed by atoms with Gasteiger partial charge in [-0.2, -0.15) is 42.6 Å². The molecule has 2 aliphatic rings. The number of hydrogen-bond donors (Lipinski definition) is 0. The van der Waals surface area contributed by atoms with Crippen LogP contribution in [0.5, 0.6) is 0 Å². The number of benzene rings is 3. The Bertz CT molecular complexity index is 2140. The third-order valence-electron chi connectivity index (χ3n) is 9.56. The molecule has 0 unspecified atom stereocenters. The molecule has 3 aromatic carbocycles. The van der Waals surface area contributed by atoms with Crippen LogP contribution in [-0.2, 0) is 31.9 Å². The van der Waals surface area contributed by atoms with E-state index in [1.807, 2.05) is 24.3 Å². The Hall–Kier alpha value is -4.47. The van der Waals surface area contributed by atoms with Gasteiger partial charge in [0.15, 0.2) is 0 Å². The van der Waals surface area contributed by atoms with E-state index in [1.165, 1.54) is 27.8 Å². The van der Waals surface area contributed by atoms with Crippen LogP contribution >= 0.6 is 0 Å². The zero-order valence-corrected chi connectivity index (χ0v) is 29.7. The zero-order chi connectivity index (χ0) is 31.8. The second kappa shape index (κ2) is 11.3. The fourth-order valence-electron chi connectivity index (χ4n) is 7.13. The number of pyridine rings is 2. The summed E-state index contributed by atoms with van der Waals surface area (Å²) in [5.74, 6) is 0. The van der Waals surface area contributed by atoms with Crippen molar-refractivity contribution in [1.82, 2.24) is 19.3 Å². The van der Waals surface area contributed by atoms with E-state index in [1.54, 1.807) is 0 Å². The number of rotatable bonds is 4. The summed E-state index contributed by atoms with van der Waals surface area (Å²) < 4.78 is 2.31. The van der Waals surface area contributed by atoms with Crippen molar-refractivity contribution in [2.45, 2.75) is 45.4 Å².